The monoisotopic (exact) mass is 280 g/mol. The molecule has 0 aliphatic heterocycles. The Kier molecular flexibility index (Phi) is 5.29. The molecule has 1 N–H and O–H groups in total. The molecular formula is C12H12F4O3. The van der Waals surface area contributed by atoms with E-state index in [0.29, 0.717) is 5.56 Å². The standard InChI is InChI=1S/C12H12F4O3/c13-10-3-1-8(2-4-10)5-9(11(17)18)6-19-7-12(14,15)16/h1-4,9H,5-7H2,(H,17,18). The number of rotatable bonds is 6. The summed E-state index contributed by atoms with van der Waals surface area (Å²) in [4.78, 5) is 10.9. The predicted octanol–water partition coefficient (Wildman–Crippen LogP) is 2.65. The summed E-state index contributed by atoms with van der Waals surface area (Å²) in [5.41, 5.74) is 0.518. The summed E-state index contributed by atoms with van der Waals surface area (Å²) in [6.07, 6.45) is -4.51. The molecule has 1 atom stereocenters. The van der Waals surface area contributed by atoms with Crippen LogP contribution in [0.1, 0.15) is 5.56 Å². The average molecular weight is 280 g/mol. The quantitative estimate of drug-likeness (QED) is 0.815. The molecule has 0 fully saturated rings. The van der Waals surface area contributed by atoms with Crippen molar-refractivity contribution >= 4 is 5.97 Å². The van der Waals surface area contributed by atoms with Crippen molar-refractivity contribution in [2.24, 2.45) is 5.92 Å². The Hall–Kier alpha value is -1.63. The van der Waals surface area contributed by atoms with Gasteiger partial charge in [-0.3, -0.25) is 4.79 Å². The SMILES string of the molecule is O=C(O)C(COCC(F)(F)F)Cc1ccc(F)cc1. The first kappa shape index (κ1) is 15.4. The Balaban J connectivity index is 2.53. The van der Waals surface area contributed by atoms with Gasteiger partial charge in [-0.2, -0.15) is 13.2 Å². The molecule has 7 heteroatoms. The average Bonchev–Trinajstić information content (AvgIpc) is 2.28. The smallest absolute Gasteiger partial charge is 0.411 e. The molecule has 0 aromatic heterocycles. The number of ether oxygens (including phenoxy) is 1. The van der Waals surface area contributed by atoms with E-state index in [1.165, 1.54) is 12.1 Å². The van der Waals surface area contributed by atoms with Crippen molar-refractivity contribution in [3.05, 3.63) is 35.6 Å². The van der Waals surface area contributed by atoms with E-state index in [1.54, 1.807) is 0 Å². The van der Waals surface area contributed by atoms with Gasteiger partial charge in [0.2, 0.25) is 0 Å². The van der Waals surface area contributed by atoms with Crippen molar-refractivity contribution < 1.29 is 32.2 Å². The molecule has 1 aromatic rings. The van der Waals surface area contributed by atoms with Crippen LogP contribution in [0.5, 0.6) is 0 Å². The lowest BCUT2D eigenvalue weighted by Crippen LogP contribution is -2.26. The zero-order valence-corrected chi connectivity index (χ0v) is 9.78. The summed E-state index contributed by atoms with van der Waals surface area (Å²) >= 11 is 0. The Morgan fingerprint density at radius 2 is 1.84 bits per heavy atom. The highest BCUT2D eigenvalue weighted by atomic mass is 19.4. The summed E-state index contributed by atoms with van der Waals surface area (Å²) in [5.74, 6) is -2.83. The molecule has 1 rings (SSSR count). The van der Waals surface area contributed by atoms with Crippen LogP contribution in [0.25, 0.3) is 0 Å². The number of benzene rings is 1. The summed E-state index contributed by atoms with van der Waals surface area (Å²) in [7, 11) is 0. The molecule has 0 saturated carbocycles. The van der Waals surface area contributed by atoms with E-state index in [-0.39, 0.29) is 6.42 Å². The fourth-order valence-electron chi connectivity index (χ4n) is 1.44. The Bertz CT molecular complexity index is 414. The molecule has 19 heavy (non-hydrogen) atoms. The fraction of sp³-hybridized carbons (Fsp3) is 0.417. The lowest BCUT2D eigenvalue weighted by Gasteiger charge is -2.14. The first-order chi connectivity index (χ1) is 8.78. The summed E-state index contributed by atoms with van der Waals surface area (Å²) in [6.45, 7) is -2.04. The molecule has 3 nitrogen and oxygen atoms in total. The van der Waals surface area contributed by atoms with Crippen molar-refractivity contribution in [2.75, 3.05) is 13.2 Å². The van der Waals surface area contributed by atoms with Crippen molar-refractivity contribution in [3.63, 3.8) is 0 Å². The second-order valence-electron chi connectivity index (χ2n) is 4.00. The maximum Gasteiger partial charge on any atom is 0.411 e. The van der Waals surface area contributed by atoms with Crippen LogP contribution in [-0.2, 0) is 16.0 Å². The van der Waals surface area contributed by atoms with Crippen LogP contribution in [0.4, 0.5) is 17.6 Å². The molecule has 0 heterocycles. The number of carboxylic acid groups (broad SMARTS) is 1. The van der Waals surface area contributed by atoms with E-state index in [9.17, 15) is 22.4 Å². The highest BCUT2D eigenvalue weighted by Crippen LogP contribution is 2.16. The first-order valence-electron chi connectivity index (χ1n) is 5.39. The topological polar surface area (TPSA) is 46.5 Å². The van der Waals surface area contributed by atoms with Crippen LogP contribution in [0.2, 0.25) is 0 Å². The second-order valence-corrected chi connectivity index (χ2v) is 4.00. The van der Waals surface area contributed by atoms with Gasteiger partial charge in [0.15, 0.2) is 0 Å². The van der Waals surface area contributed by atoms with Gasteiger partial charge >= 0.3 is 12.1 Å². The number of alkyl halides is 3. The summed E-state index contributed by atoms with van der Waals surface area (Å²) in [5, 5.41) is 8.88. The predicted molar refractivity (Wildman–Crippen MR) is 58.1 cm³/mol. The van der Waals surface area contributed by atoms with Gasteiger partial charge in [0.05, 0.1) is 12.5 Å². The molecule has 0 spiro atoms. The maximum absolute atomic E-state index is 12.7. The molecule has 0 saturated heterocycles. The van der Waals surface area contributed by atoms with Crippen LogP contribution in [0.3, 0.4) is 0 Å². The highest BCUT2D eigenvalue weighted by molar-refractivity contribution is 5.70. The van der Waals surface area contributed by atoms with Crippen molar-refractivity contribution in [3.8, 4) is 0 Å². The maximum atomic E-state index is 12.7. The Morgan fingerprint density at radius 1 is 1.26 bits per heavy atom. The van der Waals surface area contributed by atoms with Crippen LogP contribution >= 0.6 is 0 Å². The van der Waals surface area contributed by atoms with Crippen molar-refractivity contribution in [2.45, 2.75) is 12.6 Å². The van der Waals surface area contributed by atoms with Gasteiger partial charge in [0.1, 0.15) is 12.4 Å². The molecule has 0 aliphatic carbocycles. The van der Waals surface area contributed by atoms with Crippen LogP contribution in [0, 0.1) is 11.7 Å². The normalized spacial score (nSPS) is 13.3. The largest absolute Gasteiger partial charge is 0.481 e. The lowest BCUT2D eigenvalue weighted by atomic mass is 10.0. The minimum Gasteiger partial charge on any atom is -0.481 e. The van der Waals surface area contributed by atoms with Crippen molar-refractivity contribution in [1.29, 1.82) is 0 Å². The number of aliphatic carboxylic acids is 1. The minimum absolute atomic E-state index is 0.0204. The summed E-state index contributed by atoms with van der Waals surface area (Å²) in [6, 6.07) is 5.08. The number of hydrogen-bond donors (Lipinski definition) is 1. The molecule has 0 amide bonds. The third-order valence-electron chi connectivity index (χ3n) is 2.33. The second kappa shape index (κ2) is 6.51. The molecule has 0 radical (unpaired) electrons. The zero-order chi connectivity index (χ0) is 14.5. The van der Waals surface area contributed by atoms with E-state index < -0.39 is 37.1 Å². The van der Waals surface area contributed by atoms with Crippen LogP contribution in [-0.4, -0.2) is 30.5 Å². The van der Waals surface area contributed by atoms with Gasteiger partial charge in [-0.05, 0) is 24.1 Å². The fourth-order valence-corrected chi connectivity index (χ4v) is 1.44. The van der Waals surface area contributed by atoms with Crippen LogP contribution in [0.15, 0.2) is 24.3 Å². The van der Waals surface area contributed by atoms with Crippen LogP contribution < -0.4 is 0 Å². The lowest BCUT2D eigenvalue weighted by molar-refractivity contribution is -0.179. The van der Waals surface area contributed by atoms with Gasteiger partial charge in [-0.25, -0.2) is 4.39 Å². The van der Waals surface area contributed by atoms with Gasteiger partial charge < -0.3 is 9.84 Å². The third kappa shape index (κ3) is 6.19. The molecule has 0 bridgehead atoms. The zero-order valence-electron chi connectivity index (χ0n) is 9.78. The number of halogens is 4. The molecular weight excluding hydrogens is 268 g/mol. The third-order valence-corrected chi connectivity index (χ3v) is 2.33. The van der Waals surface area contributed by atoms with Gasteiger partial charge in [-0.15, -0.1) is 0 Å². The summed E-state index contributed by atoms with van der Waals surface area (Å²) < 4.78 is 52.6. The molecule has 1 unspecified atom stereocenters. The highest BCUT2D eigenvalue weighted by Gasteiger charge is 2.29. The van der Waals surface area contributed by atoms with Gasteiger partial charge in [0.25, 0.3) is 0 Å². The molecule has 1 aromatic carbocycles. The molecule has 0 aliphatic rings. The van der Waals surface area contributed by atoms with E-state index in [4.69, 9.17) is 5.11 Å². The number of carboxylic acids is 1. The Labute approximate surface area is 106 Å². The Morgan fingerprint density at radius 3 is 2.32 bits per heavy atom. The minimum atomic E-state index is -4.49. The van der Waals surface area contributed by atoms with Crippen molar-refractivity contribution in [1.82, 2.24) is 0 Å². The van der Waals surface area contributed by atoms with E-state index in [1.807, 2.05) is 0 Å². The van der Waals surface area contributed by atoms with Gasteiger partial charge in [0, 0.05) is 0 Å². The molecule has 106 valence electrons. The van der Waals surface area contributed by atoms with Gasteiger partial charge in [-0.1, -0.05) is 12.1 Å². The number of hydrogen-bond acceptors (Lipinski definition) is 2. The van der Waals surface area contributed by atoms with E-state index >= 15 is 0 Å². The number of carbonyl (C=O) groups is 1. The van der Waals surface area contributed by atoms with E-state index in [2.05, 4.69) is 4.74 Å². The first-order valence-corrected chi connectivity index (χ1v) is 5.39. The van der Waals surface area contributed by atoms with E-state index in [0.717, 1.165) is 12.1 Å².